The predicted molar refractivity (Wildman–Crippen MR) is 128 cm³/mol. The van der Waals surface area contributed by atoms with E-state index in [1.807, 2.05) is 24.5 Å². The highest BCUT2D eigenvalue weighted by Gasteiger charge is 2.13. The lowest BCUT2D eigenvalue weighted by Gasteiger charge is -2.15. The molecule has 0 bridgehead atoms. The van der Waals surface area contributed by atoms with E-state index in [1.54, 1.807) is 0 Å². The van der Waals surface area contributed by atoms with Crippen LogP contribution in [0, 0.1) is 20.8 Å². The van der Waals surface area contributed by atoms with E-state index in [1.165, 1.54) is 44.3 Å². The van der Waals surface area contributed by atoms with Crippen molar-refractivity contribution in [3.8, 4) is 11.3 Å². The van der Waals surface area contributed by atoms with Crippen LogP contribution < -0.4 is 0 Å². The van der Waals surface area contributed by atoms with Crippen LogP contribution in [0.2, 0.25) is 0 Å². The number of fused-ring (bicyclic) bond motifs is 1. The molecule has 0 amide bonds. The van der Waals surface area contributed by atoms with Gasteiger partial charge in [-0.3, -0.25) is 9.97 Å². The Kier molecular flexibility index (Phi) is 5.76. The zero-order chi connectivity index (χ0) is 21.1. The van der Waals surface area contributed by atoms with Crippen LogP contribution in [0.5, 0.6) is 0 Å². The normalized spacial score (nSPS) is 11.0. The summed E-state index contributed by atoms with van der Waals surface area (Å²) in [6.45, 7) is 10.4. The first-order valence-corrected chi connectivity index (χ1v) is 10.6. The van der Waals surface area contributed by atoms with Gasteiger partial charge in [-0.15, -0.1) is 0 Å². The van der Waals surface area contributed by atoms with Gasteiger partial charge in [0.15, 0.2) is 0 Å². The Hall–Kier alpha value is -3.26. The number of nitrogens with zero attached hydrogens (tertiary/aromatic N) is 2. The van der Waals surface area contributed by atoms with Gasteiger partial charge in [-0.2, -0.15) is 0 Å². The average Bonchev–Trinajstić information content (AvgIpc) is 2.76. The number of hydrogen-bond acceptors (Lipinski definition) is 2. The van der Waals surface area contributed by atoms with Crippen molar-refractivity contribution in [1.29, 1.82) is 0 Å². The van der Waals surface area contributed by atoms with Crippen molar-refractivity contribution in [2.75, 3.05) is 0 Å². The molecule has 0 spiro atoms. The van der Waals surface area contributed by atoms with Crippen molar-refractivity contribution in [3.63, 3.8) is 0 Å². The first-order valence-electron chi connectivity index (χ1n) is 10.6. The zero-order valence-electron chi connectivity index (χ0n) is 18.1. The van der Waals surface area contributed by atoms with Crippen LogP contribution >= 0.6 is 0 Å². The maximum absolute atomic E-state index is 5.14. The number of benzene rings is 2. The highest BCUT2D eigenvalue weighted by molar-refractivity contribution is 5.92. The smallest absolute Gasteiger partial charge is 0.0756 e. The minimum atomic E-state index is 0.942. The lowest BCUT2D eigenvalue weighted by atomic mass is 9.95. The third kappa shape index (κ3) is 4.04. The Bertz CT molecular complexity index is 1210. The van der Waals surface area contributed by atoms with Crippen LogP contribution in [0.15, 0.2) is 67.5 Å². The quantitative estimate of drug-likeness (QED) is 0.352. The van der Waals surface area contributed by atoms with E-state index in [2.05, 4.69) is 74.8 Å². The predicted octanol–water partition coefficient (Wildman–Crippen LogP) is 7.04. The summed E-state index contributed by atoms with van der Waals surface area (Å²) in [6, 6.07) is 17.4. The van der Waals surface area contributed by atoms with Crippen molar-refractivity contribution < 1.29 is 0 Å². The molecule has 2 heteroatoms. The van der Waals surface area contributed by atoms with Gasteiger partial charge in [0.25, 0.3) is 0 Å². The molecule has 0 aliphatic heterocycles. The Morgan fingerprint density at radius 2 is 1.70 bits per heavy atom. The van der Waals surface area contributed by atoms with Crippen LogP contribution in [0.3, 0.4) is 0 Å². The molecule has 4 aromatic rings. The first-order chi connectivity index (χ1) is 14.6. The molecule has 0 saturated heterocycles. The van der Waals surface area contributed by atoms with E-state index in [4.69, 9.17) is 4.98 Å². The molecule has 0 aliphatic rings. The Morgan fingerprint density at radius 1 is 0.900 bits per heavy atom. The topological polar surface area (TPSA) is 25.8 Å². The third-order valence-corrected chi connectivity index (χ3v) is 5.81. The summed E-state index contributed by atoms with van der Waals surface area (Å²) in [5, 5.41) is 2.56. The SMILES string of the molecule is C=Cc1ccc(C)cc1CCCc1nc(-c2cccnc2)c(C)c2ccc(C)cc12. The lowest BCUT2D eigenvalue weighted by Crippen LogP contribution is -2.01. The molecule has 4 rings (SSSR count). The second-order valence-corrected chi connectivity index (χ2v) is 8.08. The van der Waals surface area contributed by atoms with Gasteiger partial charge in [0.05, 0.1) is 5.69 Å². The molecule has 150 valence electrons. The summed E-state index contributed by atoms with van der Waals surface area (Å²) in [6.07, 6.45) is 8.69. The second kappa shape index (κ2) is 8.62. The fourth-order valence-electron chi connectivity index (χ4n) is 4.20. The van der Waals surface area contributed by atoms with Gasteiger partial charge in [0, 0.05) is 29.0 Å². The Morgan fingerprint density at radius 3 is 2.47 bits per heavy atom. The van der Waals surface area contributed by atoms with Crippen molar-refractivity contribution in [3.05, 3.63) is 101 Å². The van der Waals surface area contributed by atoms with Crippen LogP contribution in [-0.4, -0.2) is 9.97 Å². The molecule has 2 heterocycles. The van der Waals surface area contributed by atoms with E-state index in [9.17, 15) is 0 Å². The molecular weight excluding hydrogens is 364 g/mol. The summed E-state index contributed by atoms with van der Waals surface area (Å²) in [7, 11) is 0. The van der Waals surface area contributed by atoms with Gasteiger partial charge in [0.2, 0.25) is 0 Å². The van der Waals surface area contributed by atoms with Gasteiger partial charge in [-0.05, 0) is 80.3 Å². The number of aryl methyl sites for hydroxylation is 5. The largest absolute Gasteiger partial charge is 0.264 e. The monoisotopic (exact) mass is 392 g/mol. The molecule has 0 radical (unpaired) electrons. The van der Waals surface area contributed by atoms with Gasteiger partial charge in [-0.25, -0.2) is 0 Å². The van der Waals surface area contributed by atoms with Crippen molar-refractivity contribution >= 4 is 16.8 Å². The fraction of sp³-hybridized carbons (Fsp3) is 0.214. The molecule has 0 unspecified atom stereocenters. The van der Waals surface area contributed by atoms with Gasteiger partial charge in [0.1, 0.15) is 0 Å². The third-order valence-electron chi connectivity index (χ3n) is 5.81. The molecule has 30 heavy (non-hydrogen) atoms. The van der Waals surface area contributed by atoms with Crippen molar-refractivity contribution in [2.45, 2.75) is 40.0 Å². The van der Waals surface area contributed by atoms with Crippen molar-refractivity contribution in [1.82, 2.24) is 9.97 Å². The maximum Gasteiger partial charge on any atom is 0.0756 e. The van der Waals surface area contributed by atoms with E-state index in [-0.39, 0.29) is 0 Å². The standard InChI is InChI=1S/C28H28N2/c1-5-22-13-11-19(2)16-23(22)8-6-10-27-26-17-20(3)12-14-25(26)21(4)28(30-27)24-9-7-15-29-18-24/h5,7,9,11-18H,1,6,8,10H2,2-4H3. The molecule has 2 aromatic heterocycles. The first kappa shape index (κ1) is 20.0. The minimum absolute atomic E-state index is 0.942. The van der Waals surface area contributed by atoms with E-state index < -0.39 is 0 Å². The van der Waals surface area contributed by atoms with E-state index in [0.717, 1.165) is 30.5 Å². The molecule has 0 saturated carbocycles. The second-order valence-electron chi connectivity index (χ2n) is 8.08. The number of hydrogen-bond donors (Lipinski definition) is 0. The maximum atomic E-state index is 5.14. The number of rotatable bonds is 6. The summed E-state index contributed by atoms with van der Waals surface area (Å²) in [5.74, 6) is 0. The van der Waals surface area contributed by atoms with Crippen LogP contribution in [-0.2, 0) is 12.8 Å². The summed E-state index contributed by atoms with van der Waals surface area (Å²) >= 11 is 0. The molecule has 0 fully saturated rings. The van der Waals surface area contributed by atoms with Crippen LogP contribution in [0.4, 0.5) is 0 Å². The molecule has 0 N–H and O–H groups in total. The van der Waals surface area contributed by atoms with E-state index in [0.29, 0.717) is 0 Å². The molecule has 0 atom stereocenters. The van der Waals surface area contributed by atoms with Crippen molar-refractivity contribution in [2.24, 2.45) is 0 Å². The highest BCUT2D eigenvalue weighted by atomic mass is 14.7. The Balaban J connectivity index is 1.71. The van der Waals surface area contributed by atoms with E-state index >= 15 is 0 Å². The summed E-state index contributed by atoms with van der Waals surface area (Å²) in [5.41, 5.74) is 9.67. The number of pyridine rings is 2. The molecule has 0 aliphatic carbocycles. The Labute approximate surface area is 179 Å². The average molecular weight is 393 g/mol. The lowest BCUT2D eigenvalue weighted by molar-refractivity contribution is 0.804. The summed E-state index contributed by atoms with van der Waals surface area (Å²) in [4.78, 5) is 9.45. The summed E-state index contributed by atoms with van der Waals surface area (Å²) < 4.78 is 0. The van der Waals surface area contributed by atoms with Gasteiger partial charge < -0.3 is 0 Å². The van der Waals surface area contributed by atoms with Gasteiger partial charge >= 0.3 is 0 Å². The van der Waals surface area contributed by atoms with Gasteiger partial charge in [-0.1, -0.05) is 54.1 Å². The molecule has 2 aromatic carbocycles. The number of aromatic nitrogens is 2. The highest BCUT2D eigenvalue weighted by Crippen LogP contribution is 2.31. The zero-order valence-corrected chi connectivity index (χ0v) is 18.1. The van der Waals surface area contributed by atoms with Crippen LogP contribution in [0.25, 0.3) is 28.1 Å². The minimum Gasteiger partial charge on any atom is -0.264 e. The molecule has 2 nitrogen and oxygen atoms in total. The van der Waals surface area contributed by atoms with Crippen LogP contribution in [0.1, 0.15) is 39.9 Å². The fourth-order valence-corrected chi connectivity index (χ4v) is 4.20. The molecular formula is C28H28N2.